The van der Waals surface area contributed by atoms with Crippen molar-refractivity contribution >= 4 is 11.6 Å². The van der Waals surface area contributed by atoms with E-state index in [0.29, 0.717) is 17.9 Å². The van der Waals surface area contributed by atoms with Crippen molar-refractivity contribution in [3.8, 4) is 5.75 Å². The lowest BCUT2D eigenvalue weighted by Crippen LogP contribution is -2.40. The van der Waals surface area contributed by atoms with E-state index in [1.807, 2.05) is 25.1 Å². The molecular formula is C12H13NO4. The fraction of sp³-hybridized carbons (Fsp3) is 0.417. The topological polar surface area (TPSA) is 56.8 Å². The van der Waals surface area contributed by atoms with Crippen LogP contribution in [0.15, 0.2) is 18.2 Å². The molecule has 0 unspecified atom stereocenters. The van der Waals surface area contributed by atoms with Gasteiger partial charge >= 0.3 is 0 Å². The van der Waals surface area contributed by atoms with Crippen molar-refractivity contribution in [1.29, 1.82) is 0 Å². The van der Waals surface area contributed by atoms with E-state index in [9.17, 15) is 4.79 Å². The molecule has 1 fully saturated rings. The number of benzene rings is 1. The lowest BCUT2D eigenvalue weighted by atomic mass is 10.1. The fourth-order valence-electron chi connectivity index (χ4n) is 1.98. The molecule has 1 aromatic rings. The molecule has 0 saturated carbocycles. The van der Waals surface area contributed by atoms with Gasteiger partial charge in [0, 0.05) is 6.42 Å². The van der Waals surface area contributed by atoms with E-state index in [1.54, 1.807) is 0 Å². The van der Waals surface area contributed by atoms with Crippen molar-refractivity contribution in [2.24, 2.45) is 0 Å². The Morgan fingerprint density at radius 3 is 3.00 bits per heavy atom. The van der Waals surface area contributed by atoms with Crippen LogP contribution in [0.25, 0.3) is 0 Å². The van der Waals surface area contributed by atoms with Crippen LogP contribution >= 0.6 is 0 Å². The molecule has 0 aromatic heterocycles. The summed E-state index contributed by atoms with van der Waals surface area (Å²) in [4.78, 5) is 11.2. The summed E-state index contributed by atoms with van der Waals surface area (Å²) >= 11 is 0. The van der Waals surface area contributed by atoms with Gasteiger partial charge in [-0.25, -0.2) is 0 Å². The summed E-state index contributed by atoms with van der Waals surface area (Å²) in [7, 11) is 0. The van der Waals surface area contributed by atoms with E-state index < -0.39 is 0 Å². The molecule has 1 N–H and O–H groups in total. The normalized spacial score (nSPS) is 26.5. The maximum absolute atomic E-state index is 11.2. The van der Waals surface area contributed by atoms with Crippen LogP contribution in [0.3, 0.4) is 0 Å². The first-order valence-electron chi connectivity index (χ1n) is 5.57. The monoisotopic (exact) mass is 235 g/mol. The lowest BCUT2D eigenvalue weighted by molar-refractivity contribution is -0.374. The van der Waals surface area contributed by atoms with Crippen LogP contribution in [0.1, 0.15) is 12.5 Å². The molecule has 3 rings (SSSR count). The first-order chi connectivity index (χ1) is 8.20. The van der Waals surface area contributed by atoms with Crippen molar-refractivity contribution in [1.82, 2.24) is 0 Å². The predicted molar refractivity (Wildman–Crippen MR) is 59.7 cm³/mol. The number of amides is 1. The Morgan fingerprint density at radius 2 is 2.24 bits per heavy atom. The molecule has 0 spiro atoms. The van der Waals surface area contributed by atoms with Crippen LogP contribution in [0.4, 0.5) is 5.69 Å². The molecule has 90 valence electrons. The molecule has 1 amide bonds. The fourth-order valence-corrected chi connectivity index (χ4v) is 1.98. The quantitative estimate of drug-likeness (QED) is 0.839. The zero-order chi connectivity index (χ0) is 11.8. The van der Waals surface area contributed by atoms with Crippen molar-refractivity contribution in [3.63, 3.8) is 0 Å². The molecule has 5 nitrogen and oxygen atoms in total. The number of anilines is 1. The highest BCUT2D eigenvalue weighted by Crippen LogP contribution is 2.30. The third kappa shape index (κ3) is 2.11. The average Bonchev–Trinajstić information content (AvgIpc) is 2.26. The molecule has 5 heteroatoms. The van der Waals surface area contributed by atoms with Crippen molar-refractivity contribution in [2.75, 3.05) is 11.9 Å². The Labute approximate surface area is 98.7 Å². The van der Waals surface area contributed by atoms with E-state index in [1.165, 1.54) is 0 Å². The minimum Gasteiger partial charge on any atom is -0.482 e. The Bertz CT molecular complexity index is 454. The van der Waals surface area contributed by atoms with Gasteiger partial charge < -0.3 is 19.5 Å². The third-order valence-electron chi connectivity index (χ3n) is 2.77. The molecule has 1 saturated heterocycles. The molecule has 0 bridgehead atoms. The minimum atomic E-state index is -0.178. The number of rotatable bonds is 2. The number of nitrogens with one attached hydrogen (secondary N) is 1. The van der Waals surface area contributed by atoms with Gasteiger partial charge in [-0.2, -0.15) is 0 Å². The zero-order valence-electron chi connectivity index (χ0n) is 9.43. The predicted octanol–water partition coefficient (Wildman–Crippen LogP) is 1.28. The number of ether oxygens (including phenoxy) is 3. The van der Waals surface area contributed by atoms with Crippen LogP contribution in [0.2, 0.25) is 0 Å². The SMILES string of the molecule is CC1OC(Cc2ccc3c(c2)NC(=O)CO3)O1. The Hall–Kier alpha value is -1.59. The lowest BCUT2D eigenvalue weighted by Gasteiger charge is -2.33. The van der Waals surface area contributed by atoms with Crippen LogP contribution in [-0.4, -0.2) is 25.1 Å². The highest BCUT2D eigenvalue weighted by Gasteiger charge is 2.27. The molecular weight excluding hydrogens is 222 g/mol. The Kier molecular flexibility index (Phi) is 2.49. The Balaban J connectivity index is 1.73. The number of carbonyl (C=O) groups excluding carboxylic acids is 1. The molecule has 2 aliphatic heterocycles. The highest BCUT2D eigenvalue weighted by molar-refractivity contribution is 5.95. The van der Waals surface area contributed by atoms with Gasteiger partial charge in [-0.1, -0.05) is 6.07 Å². The smallest absolute Gasteiger partial charge is 0.262 e. The number of carbonyl (C=O) groups is 1. The first kappa shape index (κ1) is 10.6. The summed E-state index contributed by atoms with van der Waals surface area (Å²) in [6.07, 6.45) is 0.386. The van der Waals surface area contributed by atoms with Gasteiger partial charge in [0.15, 0.2) is 19.2 Å². The van der Waals surface area contributed by atoms with Crippen LogP contribution in [0, 0.1) is 0 Å². The maximum Gasteiger partial charge on any atom is 0.262 e. The average molecular weight is 235 g/mol. The van der Waals surface area contributed by atoms with E-state index in [2.05, 4.69) is 5.32 Å². The van der Waals surface area contributed by atoms with Gasteiger partial charge in [-0.15, -0.1) is 0 Å². The van der Waals surface area contributed by atoms with Gasteiger partial charge in [-0.3, -0.25) is 4.79 Å². The minimum absolute atomic E-state index is 0.0821. The van der Waals surface area contributed by atoms with Crippen LogP contribution in [-0.2, 0) is 20.7 Å². The summed E-state index contributed by atoms with van der Waals surface area (Å²) in [6.45, 7) is 1.94. The molecule has 0 radical (unpaired) electrons. The second-order valence-corrected chi connectivity index (χ2v) is 4.14. The van der Waals surface area contributed by atoms with Crippen molar-refractivity contribution in [3.05, 3.63) is 23.8 Å². The molecule has 1 aromatic carbocycles. The highest BCUT2D eigenvalue weighted by atomic mass is 16.9. The van der Waals surface area contributed by atoms with Gasteiger partial charge in [0.05, 0.1) is 5.69 Å². The molecule has 2 aliphatic rings. The van der Waals surface area contributed by atoms with Gasteiger partial charge in [0.1, 0.15) is 5.75 Å². The van der Waals surface area contributed by atoms with E-state index in [-0.39, 0.29) is 25.1 Å². The summed E-state index contributed by atoms with van der Waals surface area (Å²) < 4.78 is 16.0. The molecule has 2 heterocycles. The van der Waals surface area contributed by atoms with Crippen molar-refractivity contribution < 1.29 is 19.0 Å². The largest absolute Gasteiger partial charge is 0.482 e. The van der Waals surface area contributed by atoms with Gasteiger partial charge in [-0.05, 0) is 24.6 Å². The van der Waals surface area contributed by atoms with Crippen LogP contribution < -0.4 is 10.1 Å². The first-order valence-corrected chi connectivity index (χ1v) is 5.57. The second-order valence-electron chi connectivity index (χ2n) is 4.14. The maximum atomic E-state index is 11.2. The summed E-state index contributed by atoms with van der Waals surface area (Å²) in [6, 6.07) is 5.69. The third-order valence-corrected chi connectivity index (χ3v) is 2.77. The summed E-state index contributed by atoms with van der Waals surface area (Å²) in [5.74, 6) is 0.580. The van der Waals surface area contributed by atoms with Crippen LogP contribution in [0.5, 0.6) is 5.75 Å². The molecule has 17 heavy (non-hydrogen) atoms. The summed E-state index contributed by atoms with van der Waals surface area (Å²) in [5.41, 5.74) is 1.76. The van der Waals surface area contributed by atoms with E-state index >= 15 is 0 Å². The number of hydrogen-bond acceptors (Lipinski definition) is 4. The molecule has 0 aliphatic carbocycles. The summed E-state index contributed by atoms with van der Waals surface area (Å²) in [5, 5.41) is 2.77. The van der Waals surface area contributed by atoms with E-state index in [4.69, 9.17) is 14.2 Å². The van der Waals surface area contributed by atoms with Crippen molar-refractivity contribution in [2.45, 2.75) is 25.9 Å². The Morgan fingerprint density at radius 1 is 1.41 bits per heavy atom. The number of fused-ring (bicyclic) bond motifs is 1. The molecule has 0 atom stereocenters. The standard InChI is InChI=1S/C12H13NO4/c1-7-16-12(17-7)5-8-2-3-10-9(4-8)13-11(14)6-15-10/h2-4,7,12H,5-6H2,1H3,(H,13,14). The van der Waals surface area contributed by atoms with Gasteiger partial charge in [0.25, 0.3) is 5.91 Å². The van der Waals surface area contributed by atoms with E-state index in [0.717, 1.165) is 5.56 Å². The second kappa shape index (κ2) is 4.01. The number of hydrogen-bond donors (Lipinski definition) is 1. The van der Waals surface area contributed by atoms with Gasteiger partial charge in [0.2, 0.25) is 0 Å². The zero-order valence-corrected chi connectivity index (χ0v) is 9.43.